The first-order valence-electron chi connectivity index (χ1n) is 8.31. The monoisotopic (exact) mass is 290 g/mol. The SMILES string of the molecule is C[CH]C(=O)N(C)C1CC2CC1C1C3CC(C(=O)O)C(C3)C21. The van der Waals surface area contributed by atoms with Crippen LogP contribution in [-0.4, -0.2) is 35.0 Å². The van der Waals surface area contributed by atoms with Gasteiger partial charge in [-0.1, -0.05) is 6.92 Å². The number of hydrogen-bond donors (Lipinski definition) is 1. The number of carbonyl (C=O) groups is 2. The van der Waals surface area contributed by atoms with E-state index in [1.165, 1.54) is 6.42 Å². The Morgan fingerprint density at radius 3 is 2.33 bits per heavy atom. The number of aliphatic carboxylic acids is 1. The summed E-state index contributed by atoms with van der Waals surface area (Å²) < 4.78 is 0. The van der Waals surface area contributed by atoms with E-state index in [0.717, 1.165) is 19.3 Å². The number of hydrogen-bond acceptors (Lipinski definition) is 2. The summed E-state index contributed by atoms with van der Waals surface area (Å²) in [7, 11) is 1.94. The Hall–Kier alpha value is -1.06. The van der Waals surface area contributed by atoms with Crippen molar-refractivity contribution >= 4 is 11.9 Å². The zero-order chi connectivity index (χ0) is 14.9. The maximum absolute atomic E-state index is 12.0. The van der Waals surface area contributed by atoms with E-state index in [4.69, 9.17) is 0 Å². The molecule has 0 aromatic rings. The fourth-order valence-corrected chi connectivity index (χ4v) is 6.66. The fraction of sp³-hybridized carbons (Fsp3) is 0.824. The van der Waals surface area contributed by atoms with Gasteiger partial charge in [-0.3, -0.25) is 9.59 Å². The van der Waals surface area contributed by atoms with E-state index in [-0.39, 0.29) is 11.8 Å². The zero-order valence-electron chi connectivity index (χ0n) is 12.7. The lowest BCUT2D eigenvalue weighted by molar-refractivity contribution is -0.145. The zero-order valence-corrected chi connectivity index (χ0v) is 12.7. The molecule has 8 unspecified atom stereocenters. The maximum atomic E-state index is 12.0. The van der Waals surface area contributed by atoms with E-state index in [1.54, 1.807) is 6.42 Å². The molecule has 4 fully saturated rings. The third kappa shape index (κ3) is 1.68. The minimum absolute atomic E-state index is 0.0858. The molecule has 4 aliphatic carbocycles. The molecule has 4 aliphatic rings. The van der Waals surface area contributed by atoms with Crippen molar-refractivity contribution in [3.05, 3.63) is 6.42 Å². The summed E-state index contributed by atoms with van der Waals surface area (Å²) in [5.41, 5.74) is 0. The molecule has 0 aromatic carbocycles. The van der Waals surface area contributed by atoms with Gasteiger partial charge in [0.25, 0.3) is 0 Å². The van der Waals surface area contributed by atoms with Crippen LogP contribution >= 0.6 is 0 Å². The van der Waals surface area contributed by atoms with Gasteiger partial charge in [-0.2, -0.15) is 0 Å². The van der Waals surface area contributed by atoms with Gasteiger partial charge in [0, 0.05) is 19.5 Å². The summed E-state index contributed by atoms with van der Waals surface area (Å²) >= 11 is 0. The molecule has 8 atom stereocenters. The molecule has 115 valence electrons. The molecule has 4 heteroatoms. The van der Waals surface area contributed by atoms with Crippen LogP contribution < -0.4 is 0 Å². The third-order valence-electron chi connectivity index (χ3n) is 7.19. The number of nitrogens with zero attached hydrogens (tertiary/aromatic N) is 1. The Balaban J connectivity index is 1.55. The average Bonchev–Trinajstić information content (AvgIpc) is 3.20. The molecule has 0 aromatic heterocycles. The second-order valence-electron chi connectivity index (χ2n) is 7.70. The van der Waals surface area contributed by atoms with Crippen molar-refractivity contribution in [2.75, 3.05) is 7.05 Å². The lowest BCUT2D eigenvalue weighted by Crippen LogP contribution is -2.47. The molecule has 21 heavy (non-hydrogen) atoms. The normalized spacial score (nSPS) is 49.4. The Labute approximate surface area is 125 Å². The van der Waals surface area contributed by atoms with Gasteiger partial charge in [-0.05, 0) is 61.2 Å². The topological polar surface area (TPSA) is 57.6 Å². The van der Waals surface area contributed by atoms with Crippen molar-refractivity contribution in [2.45, 2.75) is 38.6 Å². The van der Waals surface area contributed by atoms with Gasteiger partial charge in [0.15, 0.2) is 0 Å². The summed E-state index contributed by atoms with van der Waals surface area (Å²) in [6, 6.07) is 0.391. The quantitative estimate of drug-likeness (QED) is 0.809. The Bertz CT molecular complexity index is 490. The van der Waals surface area contributed by atoms with Gasteiger partial charge < -0.3 is 10.0 Å². The van der Waals surface area contributed by atoms with Crippen molar-refractivity contribution < 1.29 is 14.7 Å². The minimum Gasteiger partial charge on any atom is -0.481 e. The number of carbonyl (C=O) groups excluding carboxylic acids is 1. The van der Waals surface area contributed by atoms with Crippen molar-refractivity contribution in [3.8, 4) is 0 Å². The fourth-order valence-electron chi connectivity index (χ4n) is 6.66. The van der Waals surface area contributed by atoms with Crippen molar-refractivity contribution in [1.29, 1.82) is 0 Å². The van der Waals surface area contributed by atoms with E-state index in [9.17, 15) is 14.7 Å². The van der Waals surface area contributed by atoms with Crippen LogP contribution in [0.5, 0.6) is 0 Å². The highest BCUT2D eigenvalue weighted by Gasteiger charge is 2.66. The summed E-state index contributed by atoms with van der Waals surface area (Å²) in [5, 5.41) is 9.41. The highest BCUT2D eigenvalue weighted by Crippen LogP contribution is 2.69. The number of rotatable bonds is 3. The molecular weight excluding hydrogens is 266 g/mol. The van der Waals surface area contributed by atoms with Crippen LogP contribution in [-0.2, 0) is 9.59 Å². The van der Waals surface area contributed by atoms with Crippen LogP contribution in [0.4, 0.5) is 0 Å². The Morgan fingerprint density at radius 2 is 1.67 bits per heavy atom. The van der Waals surface area contributed by atoms with E-state index in [1.807, 2.05) is 18.9 Å². The van der Waals surface area contributed by atoms with Crippen LogP contribution in [0.25, 0.3) is 0 Å². The molecule has 4 saturated carbocycles. The third-order valence-corrected chi connectivity index (χ3v) is 7.19. The standard InChI is InChI=1S/C17H24NO3/c1-3-14(19)18(2)13-7-9-6-12(13)16-8-4-10(15(9)16)11(5-8)17(20)21/h3,8-13,15-16H,4-7H2,1-2H3,(H,20,21). The molecule has 0 heterocycles. The van der Waals surface area contributed by atoms with Crippen LogP contribution in [0.3, 0.4) is 0 Å². The van der Waals surface area contributed by atoms with Gasteiger partial charge in [-0.15, -0.1) is 0 Å². The average molecular weight is 290 g/mol. The smallest absolute Gasteiger partial charge is 0.306 e. The van der Waals surface area contributed by atoms with Crippen LogP contribution in [0.1, 0.15) is 32.6 Å². The number of carboxylic acid groups (broad SMARTS) is 1. The predicted molar refractivity (Wildman–Crippen MR) is 77.1 cm³/mol. The predicted octanol–water partition coefficient (Wildman–Crippen LogP) is 2.05. The second kappa shape index (κ2) is 4.47. The lowest BCUT2D eigenvalue weighted by atomic mass is 9.66. The van der Waals surface area contributed by atoms with Crippen LogP contribution in [0.15, 0.2) is 0 Å². The first kappa shape index (κ1) is 13.6. The lowest BCUT2D eigenvalue weighted by Gasteiger charge is -2.43. The Kier molecular flexibility index (Phi) is 2.89. The van der Waals surface area contributed by atoms with Crippen LogP contribution in [0.2, 0.25) is 0 Å². The van der Waals surface area contributed by atoms with E-state index < -0.39 is 5.97 Å². The Morgan fingerprint density at radius 1 is 1.05 bits per heavy atom. The van der Waals surface area contributed by atoms with Crippen LogP contribution in [0, 0.1) is 47.8 Å². The van der Waals surface area contributed by atoms with E-state index in [0.29, 0.717) is 41.5 Å². The second-order valence-corrected chi connectivity index (χ2v) is 7.70. The molecular formula is C17H24NO3. The number of fused-ring (bicyclic) bond motifs is 9. The summed E-state index contributed by atoms with van der Waals surface area (Å²) in [6.45, 7) is 1.81. The molecule has 1 amide bonds. The van der Waals surface area contributed by atoms with Gasteiger partial charge >= 0.3 is 5.97 Å². The summed E-state index contributed by atoms with van der Waals surface area (Å²) in [5.74, 6) is 3.12. The number of carboxylic acids is 1. The first-order chi connectivity index (χ1) is 10.0. The van der Waals surface area contributed by atoms with Gasteiger partial charge in [0.1, 0.15) is 0 Å². The van der Waals surface area contributed by atoms with Gasteiger partial charge in [-0.25, -0.2) is 0 Å². The summed E-state index contributed by atoms with van der Waals surface area (Å²) in [4.78, 5) is 25.3. The van der Waals surface area contributed by atoms with Crippen molar-refractivity contribution in [2.24, 2.45) is 41.4 Å². The van der Waals surface area contributed by atoms with Gasteiger partial charge in [0.05, 0.1) is 5.92 Å². The number of amides is 1. The van der Waals surface area contributed by atoms with Crippen molar-refractivity contribution in [3.63, 3.8) is 0 Å². The highest BCUT2D eigenvalue weighted by molar-refractivity contribution is 5.84. The van der Waals surface area contributed by atoms with E-state index in [2.05, 4.69) is 0 Å². The summed E-state index contributed by atoms with van der Waals surface area (Å²) in [6.07, 6.45) is 5.99. The highest BCUT2D eigenvalue weighted by atomic mass is 16.4. The molecule has 4 bridgehead atoms. The van der Waals surface area contributed by atoms with Crippen molar-refractivity contribution in [1.82, 2.24) is 4.90 Å². The molecule has 0 spiro atoms. The molecule has 0 aliphatic heterocycles. The maximum Gasteiger partial charge on any atom is 0.306 e. The molecule has 1 radical (unpaired) electrons. The first-order valence-corrected chi connectivity index (χ1v) is 8.31. The van der Waals surface area contributed by atoms with Gasteiger partial charge in [0.2, 0.25) is 5.91 Å². The molecule has 0 saturated heterocycles. The minimum atomic E-state index is -0.576. The largest absolute Gasteiger partial charge is 0.481 e. The molecule has 1 N–H and O–H groups in total. The molecule has 4 nitrogen and oxygen atoms in total. The van der Waals surface area contributed by atoms with E-state index >= 15 is 0 Å². The molecule has 4 rings (SSSR count).